The largest absolute Gasteiger partial charge is 0.469 e. The second kappa shape index (κ2) is 5.61. The van der Waals surface area contributed by atoms with Gasteiger partial charge in [-0.2, -0.15) is 0 Å². The van der Waals surface area contributed by atoms with Crippen molar-refractivity contribution < 1.29 is 13.9 Å². The van der Waals surface area contributed by atoms with Crippen LogP contribution < -0.4 is 5.73 Å². The lowest BCUT2D eigenvalue weighted by Crippen LogP contribution is -2.14. The van der Waals surface area contributed by atoms with Gasteiger partial charge in [-0.15, -0.1) is 0 Å². The number of aryl methyl sites for hydroxylation is 1. The van der Waals surface area contributed by atoms with Crippen LogP contribution in [0.1, 0.15) is 30.0 Å². The molecule has 0 aliphatic heterocycles. The summed E-state index contributed by atoms with van der Waals surface area (Å²) in [5.41, 5.74) is 7.09. The van der Waals surface area contributed by atoms with Crippen molar-refractivity contribution in [2.24, 2.45) is 5.73 Å². The van der Waals surface area contributed by atoms with E-state index in [-0.39, 0.29) is 18.2 Å². The van der Waals surface area contributed by atoms with E-state index in [1.807, 2.05) is 6.92 Å². The van der Waals surface area contributed by atoms with Crippen molar-refractivity contribution in [3.63, 3.8) is 0 Å². The Labute approximate surface area is 94.4 Å². The number of benzene rings is 1. The van der Waals surface area contributed by atoms with Gasteiger partial charge in [-0.1, -0.05) is 12.1 Å². The standard InChI is InChI=1S/C12H16FNO2/c1-8-3-4-9(10(13)7-8)11(14)5-6-12(15)16-2/h3-4,7,11H,5-6,14H2,1-2H3. The SMILES string of the molecule is COC(=O)CCC(N)c1ccc(C)cc1F. The van der Waals surface area contributed by atoms with E-state index in [2.05, 4.69) is 4.74 Å². The number of ether oxygens (including phenoxy) is 1. The van der Waals surface area contributed by atoms with Crippen molar-refractivity contribution in [2.75, 3.05) is 7.11 Å². The number of nitrogens with two attached hydrogens (primary N) is 1. The third-order valence-corrected chi connectivity index (χ3v) is 2.44. The topological polar surface area (TPSA) is 52.3 Å². The van der Waals surface area contributed by atoms with E-state index < -0.39 is 6.04 Å². The minimum absolute atomic E-state index is 0.199. The molecule has 0 heterocycles. The van der Waals surface area contributed by atoms with Gasteiger partial charge in [-0.05, 0) is 25.0 Å². The molecular weight excluding hydrogens is 209 g/mol. The second-order valence-electron chi connectivity index (χ2n) is 3.75. The molecule has 4 heteroatoms. The summed E-state index contributed by atoms with van der Waals surface area (Å²) in [5.74, 6) is -0.652. The average Bonchev–Trinajstić information content (AvgIpc) is 2.25. The first-order valence-electron chi connectivity index (χ1n) is 5.13. The van der Waals surface area contributed by atoms with Crippen LogP contribution in [0.5, 0.6) is 0 Å². The van der Waals surface area contributed by atoms with E-state index in [9.17, 15) is 9.18 Å². The monoisotopic (exact) mass is 225 g/mol. The van der Waals surface area contributed by atoms with Gasteiger partial charge in [0.05, 0.1) is 7.11 Å². The summed E-state index contributed by atoms with van der Waals surface area (Å²) in [7, 11) is 1.32. The molecule has 88 valence electrons. The van der Waals surface area contributed by atoms with Crippen LogP contribution in [-0.4, -0.2) is 13.1 Å². The number of esters is 1. The van der Waals surface area contributed by atoms with Crippen molar-refractivity contribution in [1.29, 1.82) is 0 Å². The molecule has 0 aliphatic carbocycles. The van der Waals surface area contributed by atoms with Crippen molar-refractivity contribution in [2.45, 2.75) is 25.8 Å². The first-order chi connectivity index (χ1) is 7.54. The summed E-state index contributed by atoms with van der Waals surface area (Å²) in [6.07, 6.45) is 0.581. The minimum atomic E-state index is -0.473. The molecule has 16 heavy (non-hydrogen) atoms. The zero-order valence-electron chi connectivity index (χ0n) is 9.50. The van der Waals surface area contributed by atoms with Gasteiger partial charge in [0, 0.05) is 18.0 Å². The molecule has 0 aromatic heterocycles. The number of methoxy groups -OCH3 is 1. The fraction of sp³-hybridized carbons (Fsp3) is 0.417. The van der Waals surface area contributed by atoms with Crippen molar-refractivity contribution in [3.05, 3.63) is 35.1 Å². The zero-order chi connectivity index (χ0) is 12.1. The molecule has 0 amide bonds. The van der Waals surface area contributed by atoms with E-state index >= 15 is 0 Å². The van der Waals surface area contributed by atoms with Crippen LogP contribution in [0.15, 0.2) is 18.2 Å². The molecule has 1 aromatic rings. The van der Waals surface area contributed by atoms with Crippen molar-refractivity contribution in [3.8, 4) is 0 Å². The maximum absolute atomic E-state index is 13.5. The van der Waals surface area contributed by atoms with E-state index in [1.165, 1.54) is 13.2 Å². The van der Waals surface area contributed by atoms with Gasteiger partial charge in [0.2, 0.25) is 0 Å². The first-order valence-corrected chi connectivity index (χ1v) is 5.13. The Balaban J connectivity index is 2.65. The van der Waals surface area contributed by atoms with Crippen molar-refractivity contribution >= 4 is 5.97 Å². The molecule has 1 rings (SSSR count). The van der Waals surface area contributed by atoms with Crippen LogP contribution in [-0.2, 0) is 9.53 Å². The molecule has 0 spiro atoms. The number of carbonyl (C=O) groups excluding carboxylic acids is 1. The molecule has 0 radical (unpaired) electrons. The highest BCUT2D eigenvalue weighted by molar-refractivity contribution is 5.69. The second-order valence-corrected chi connectivity index (χ2v) is 3.75. The van der Waals surface area contributed by atoms with Gasteiger partial charge < -0.3 is 10.5 Å². The van der Waals surface area contributed by atoms with Gasteiger partial charge in [0.1, 0.15) is 5.82 Å². The van der Waals surface area contributed by atoms with Crippen LogP contribution in [0.2, 0.25) is 0 Å². The summed E-state index contributed by atoms with van der Waals surface area (Å²) < 4.78 is 18.0. The molecule has 0 saturated heterocycles. The molecule has 1 aromatic carbocycles. The molecule has 0 fully saturated rings. The molecule has 2 N–H and O–H groups in total. The normalized spacial score (nSPS) is 12.2. The molecule has 1 unspecified atom stereocenters. The maximum atomic E-state index is 13.5. The third-order valence-electron chi connectivity index (χ3n) is 2.44. The number of halogens is 1. The summed E-state index contributed by atoms with van der Waals surface area (Å²) in [6.45, 7) is 1.81. The zero-order valence-corrected chi connectivity index (χ0v) is 9.50. The highest BCUT2D eigenvalue weighted by Crippen LogP contribution is 2.20. The number of hydrogen-bond acceptors (Lipinski definition) is 3. The third kappa shape index (κ3) is 3.31. The minimum Gasteiger partial charge on any atom is -0.469 e. The van der Waals surface area contributed by atoms with Gasteiger partial charge in [-0.3, -0.25) is 4.79 Å². The Morgan fingerprint density at radius 2 is 2.25 bits per heavy atom. The van der Waals surface area contributed by atoms with Crippen LogP contribution >= 0.6 is 0 Å². The average molecular weight is 225 g/mol. The van der Waals surface area contributed by atoms with Crippen LogP contribution in [0.25, 0.3) is 0 Å². The maximum Gasteiger partial charge on any atom is 0.305 e. The molecule has 0 bridgehead atoms. The summed E-state index contributed by atoms with van der Waals surface area (Å²) >= 11 is 0. The lowest BCUT2D eigenvalue weighted by Gasteiger charge is -2.12. The highest BCUT2D eigenvalue weighted by atomic mass is 19.1. The van der Waals surface area contributed by atoms with E-state index in [4.69, 9.17) is 5.73 Å². The van der Waals surface area contributed by atoms with E-state index in [0.717, 1.165) is 5.56 Å². The predicted molar refractivity (Wildman–Crippen MR) is 59.3 cm³/mol. The Hall–Kier alpha value is -1.42. The predicted octanol–water partition coefficient (Wildman–Crippen LogP) is 2.09. The molecule has 3 nitrogen and oxygen atoms in total. The lowest BCUT2D eigenvalue weighted by atomic mass is 10.0. The lowest BCUT2D eigenvalue weighted by molar-refractivity contribution is -0.140. The molecular formula is C12H16FNO2. The first kappa shape index (κ1) is 12.6. The van der Waals surface area contributed by atoms with Gasteiger partial charge >= 0.3 is 5.97 Å². The van der Waals surface area contributed by atoms with Gasteiger partial charge in [-0.25, -0.2) is 4.39 Å². The number of carbonyl (C=O) groups is 1. The van der Waals surface area contributed by atoms with Crippen LogP contribution in [0.3, 0.4) is 0 Å². The fourth-order valence-electron chi connectivity index (χ4n) is 1.46. The smallest absolute Gasteiger partial charge is 0.305 e. The number of hydrogen-bond donors (Lipinski definition) is 1. The van der Waals surface area contributed by atoms with Gasteiger partial charge in [0.25, 0.3) is 0 Å². The van der Waals surface area contributed by atoms with Crippen LogP contribution in [0, 0.1) is 12.7 Å². The summed E-state index contributed by atoms with van der Waals surface area (Å²) in [4.78, 5) is 10.9. The van der Waals surface area contributed by atoms with E-state index in [1.54, 1.807) is 12.1 Å². The summed E-state index contributed by atoms with van der Waals surface area (Å²) in [5, 5.41) is 0. The fourth-order valence-corrected chi connectivity index (χ4v) is 1.46. The van der Waals surface area contributed by atoms with Crippen LogP contribution in [0.4, 0.5) is 4.39 Å². The quantitative estimate of drug-likeness (QED) is 0.798. The highest BCUT2D eigenvalue weighted by Gasteiger charge is 2.13. The molecule has 0 saturated carbocycles. The Morgan fingerprint density at radius 1 is 1.56 bits per heavy atom. The van der Waals surface area contributed by atoms with Gasteiger partial charge in [0.15, 0.2) is 0 Å². The summed E-state index contributed by atoms with van der Waals surface area (Å²) in [6, 6.07) is 4.43. The molecule has 1 atom stereocenters. The Morgan fingerprint density at radius 3 is 2.81 bits per heavy atom. The molecule has 0 aliphatic rings. The van der Waals surface area contributed by atoms with Crippen molar-refractivity contribution in [1.82, 2.24) is 0 Å². The Kier molecular flexibility index (Phi) is 4.43. The number of rotatable bonds is 4. The Bertz CT molecular complexity index is 379. The van der Waals surface area contributed by atoms with E-state index in [0.29, 0.717) is 12.0 Å².